The maximum absolute atomic E-state index is 13.6. The number of hydrazine groups is 1. The van der Waals surface area contributed by atoms with Gasteiger partial charge in [-0.2, -0.15) is 0 Å². The minimum absolute atomic E-state index is 0.00845. The highest BCUT2D eigenvalue weighted by Crippen LogP contribution is 2.38. The molecule has 0 aliphatic carbocycles. The van der Waals surface area contributed by atoms with Crippen LogP contribution in [0, 0.1) is 0 Å². The van der Waals surface area contributed by atoms with Gasteiger partial charge in [0.25, 0.3) is 5.91 Å². The molecule has 0 aliphatic rings. The number of ether oxygens (including phenoxy) is 1. The summed E-state index contributed by atoms with van der Waals surface area (Å²) in [5, 5.41) is 1.88. The van der Waals surface area contributed by atoms with Crippen molar-refractivity contribution in [1.29, 1.82) is 0 Å². The van der Waals surface area contributed by atoms with E-state index < -0.39 is 22.2 Å². The number of hydrogen-bond donors (Lipinski definition) is 3. The third kappa shape index (κ3) is 4.68. The van der Waals surface area contributed by atoms with E-state index in [4.69, 9.17) is 10.5 Å². The second-order valence-corrected chi connectivity index (χ2v) is 8.78. The van der Waals surface area contributed by atoms with Crippen molar-refractivity contribution in [2.24, 2.45) is 5.73 Å². The number of benzene rings is 2. The van der Waals surface area contributed by atoms with Gasteiger partial charge >= 0.3 is 0 Å². The number of H-pyrrole nitrogens is 1. The number of alkyl halides is 1. The van der Waals surface area contributed by atoms with Crippen molar-refractivity contribution in [3.05, 3.63) is 65.9 Å². The van der Waals surface area contributed by atoms with E-state index in [1.165, 1.54) is 21.0 Å². The lowest BCUT2D eigenvalue weighted by atomic mass is 9.87. The van der Waals surface area contributed by atoms with Crippen LogP contribution >= 0.6 is 15.9 Å². The minimum atomic E-state index is -1.83. The number of nitrogens with one attached hydrogen (secondary N) is 2. The summed E-state index contributed by atoms with van der Waals surface area (Å²) in [6.07, 6.45) is 1.68. The molecule has 0 aliphatic heterocycles. The number of nitrogens with zero attached hydrogens (tertiary/aromatic N) is 1. The van der Waals surface area contributed by atoms with Crippen LogP contribution in [0.3, 0.4) is 0 Å². The Balaban J connectivity index is 2.02. The van der Waals surface area contributed by atoms with Crippen LogP contribution in [0.5, 0.6) is 5.75 Å². The second kappa shape index (κ2) is 9.54. The molecule has 2 unspecified atom stereocenters. The molecule has 0 radical (unpaired) electrons. The zero-order chi connectivity index (χ0) is 23.5. The smallest absolute Gasteiger partial charge is 0.273 e. The number of carbonyl (C=O) groups is 3. The Hall–Kier alpha value is -3.17. The average molecular weight is 501 g/mol. The number of nitrogens with two attached hydrogens (primary N) is 1. The first-order valence-electron chi connectivity index (χ1n) is 9.92. The van der Waals surface area contributed by atoms with Crippen molar-refractivity contribution in [2.45, 2.75) is 30.8 Å². The molecule has 2 aromatic carbocycles. The van der Waals surface area contributed by atoms with Crippen molar-refractivity contribution < 1.29 is 19.1 Å². The first-order valence-corrected chi connectivity index (χ1v) is 10.7. The lowest BCUT2D eigenvalue weighted by molar-refractivity contribution is -0.144. The van der Waals surface area contributed by atoms with Crippen LogP contribution in [0.15, 0.2) is 54.7 Å². The van der Waals surface area contributed by atoms with Crippen LogP contribution in [0.25, 0.3) is 10.9 Å². The molecule has 0 fully saturated rings. The molecule has 8 nitrogen and oxygen atoms in total. The monoisotopic (exact) mass is 500 g/mol. The first kappa shape index (κ1) is 23.5. The molecule has 4 N–H and O–H groups in total. The van der Waals surface area contributed by atoms with Crippen molar-refractivity contribution in [1.82, 2.24) is 15.4 Å². The summed E-state index contributed by atoms with van der Waals surface area (Å²) < 4.78 is 3.53. The van der Waals surface area contributed by atoms with Gasteiger partial charge in [-0.15, -0.1) is 0 Å². The fourth-order valence-electron chi connectivity index (χ4n) is 3.76. The lowest BCUT2D eigenvalue weighted by Crippen LogP contribution is -2.59. The van der Waals surface area contributed by atoms with Gasteiger partial charge in [-0.3, -0.25) is 19.8 Å². The quantitative estimate of drug-likeness (QED) is 0.262. The van der Waals surface area contributed by atoms with E-state index in [-0.39, 0.29) is 12.3 Å². The maximum atomic E-state index is 13.6. The number of ketones is 1. The van der Waals surface area contributed by atoms with E-state index in [1.54, 1.807) is 30.5 Å². The summed E-state index contributed by atoms with van der Waals surface area (Å²) in [5.41, 5.74) is 11.1. The number of hydrogen-bond acceptors (Lipinski definition) is 5. The molecule has 1 heterocycles. The molecule has 3 aromatic rings. The summed E-state index contributed by atoms with van der Waals surface area (Å²) in [5.74, 6) is -1.90. The van der Waals surface area contributed by atoms with E-state index >= 15 is 0 Å². The van der Waals surface area contributed by atoms with E-state index in [9.17, 15) is 14.4 Å². The first-order chi connectivity index (χ1) is 15.2. The van der Waals surface area contributed by atoms with Gasteiger partial charge in [0.15, 0.2) is 4.45 Å². The minimum Gasteiger partial charge on any atom is -0.496 e. The number of amides is 2. The van der Waals surface area contributed by atoms with Gasteiger partial charge in [-0.25, -0.2) is 5.01 Å². The number of methoxy groups -OCH3 is 1. The normalized spacial score (nSPS) is 13.8. The molecule has 0 saturated carbocycles. The third-order valence-corrected chi connectivity index (χ3v) is 5.94. The van der Waals surface area contributed by atoms with E-state index in [0.717, 1.165) is 15.9 Å². The second-order valence-electron chi connectivity index (χ2n) is 7.47. The largest absolute Gasteiger partial charge is 0.496 e. The van der Waals surface area contributed by atoms with Gasteiger partial charge in [0.05, 0.1) is 19.6 Å². The Morgan fingerprint density at radius 3 is 2.47 bits per heavy atom. The Labute approximate surface area is 194 Å². The zero-order valence-corrected chi connectivity index (χ0v) is 19.6. The van der Waals surface area contributed by atoms with Crippen molar-refractivity contribution in [3.63, 3.8) is 0 Å². The predicted molar refractivity (Wildman–Crippen MR) is 125 cm³/mol. The molecule has 9 heteroatoms. The van der Waals surface area contributed by atoms with E-state index in [1.807, 2.05) is 24.3 Å². The lowest BCUT2D eigenvalue weighted by Gasteiger charge is -2.34. The summed E-state index contributed by atoms with van der Waals surface area (Å²) in [7, 11) is 1.52. The number of aromatic nitrogens is 1. The van der Waals surface area contributed by atoms with Gasteiger partial charge < -0.3 is 15.5 Å². The number of para-hydroxylation sites is 2. The number of halogens is 1. The van der Waals surface area contributed by atoms with Crippen LogP contribution in [0.1, 0.15) is 30.9 Å². The fraction of sp³-hybridized carbons (Fsp3) is 0.261. The van der Waals surface area contributed by atoms with Crippen molar-refractivity contribution in [3.8, 4) is 5.75 Å². The number of aromatic amines is 1. The molecule has 32 heavy (non-hydrogen) atoms. The van der Waals surface area contributed by atoms with Crippen LogP contribution in [0.4, 0.5) is 0 Å². The number of Topliss-reactive ketones (excluding diaryl/α,β-unsaturated/α-hetero) is 1. The Morgan fingerprint density at radius 2 is 1.81 bits per heavy atom. The highest BCUT2D eigenvalue weighted by Gasteiger charge is 2.47. The molecule has 2 atom stereocenters. The molecule has 0 spiro atoms. The zero-order valence-electron chi connectivity index (χ0n) is 18.0. The van der Waals surface area contributed by atoms with Gasteiger partial charge in [0.2, 0.25) is 5.91 Å². The van der Waals surface area contributed by atoms with Crippen LogP contribution < -0.4 is 15.9 Å². The van der Waals surface area contributed by atoms with E-state index in [0.29, 0.717) is 16.9 Å². The van der Waals surface area contributed by atoms with Crippen LogP contribution in [0.2, 0.25) is 0 Å². The van der Waals surface area contributed by atoms with Crippen molar-refractivity contribution >= 4 is 44.4 Å². The topological polar surface area (TPSA) is 118 Å². The number of fused-ring (bicyclic) bond motifs is 1. The Bertz CT molecular complexity index is 1160. The maximum Gasteiger partial charge on any atom is 0.273 e. The highest BCUT2D eigenvalue weighted by atomic mass is 79.9. The van der Waals surface area contributed by atoms with Crippen LogP contribution in [-0.4, -0.2) is 39.1 Å². The van der Waals surface area contributed by atoms with Gasteiger partial charge in [0.1, 0.15) is 11.5 Å². The molecule has 2 amide bonds. The highest BCUT2D eigenvalue weighted by molar-refractivity contribution is 9.10. The molecule has 3 rings (SSSR count). The standard InChI is InChI=1S/C23H25BrN4O4/c1-14(29)21(18-12-26-19-10-6-5-9-17(18)19)23(24,25)22(31)28(27-15(2)30)13-16-8-4-7-11-20(16)32-3/h4-12,21,26H,13,25H2,1-3H3,(H,27,30). The van der Waals surface area contributed by atoms with E-state index in [2.05, 4.69) is 26.3 Å². The third-order valence-electron chi connectivity index (χ3n) is 5.15. The molecule has 168 valence electrons. The average Bonchev–Trinajstić information content (AvgIpc) is 3.16. The fourth-order valence-corrected chi connectivity index (χ4v) is 4.54. The van der Waals surface area contributed by atoms with Gasteiger partial charge in [0, 0.05) is 29.6 Å². The van der Waals surface area contributed by atoms with Crippen molar-refractivity contribution in [2.75, 3.05) is 7.11 Å². The number of carbonyl (C=O) groups excluding carboxylic acids is 3. The molecular formula is C23H25BrN4O4. The van der Waals surface area contributed by atoms with Gasteiger partial charge in [-0.1, -0.05) is 52.3 Å². The molecule has 0 bridgehead atoms. The summed E-state index contributed by atoms with van der Waals surface area (Å²) >= 11 is 3.33. The SMILES string of the molecule is COc1ccccc1CN(NC(C)=O)C(=O)C(N)(Br)C(C(C)=O)c1c[nH]c2ccccc12. The summed E-state index contributed by atoms with van der Waals surface area (Å²) in [6, 6.07) is 14.5. The predicted octanol–water partition coefficient (Wildman–Crippen LogP) is 2.98. The molecular weight excluding hydrogens is 476 g/mol. The Kier molecular flexibility index (Phi) is 7.00. The summed E-state index contributed by atoms with van der Waals surface area (Å²) in [6.45, 7) is 2.66. The van der Waals surface area contributed by atoms with Crippen LogP contribution in [-0.2, 0) is 20.9 Å². The molecule has 1 aromatic heterocycles. The van der Waals surface area contributed by atoms with Gasteiger partial charge in [-0.05, 0) is 24.6 Å². The Morgan fingerprint density at radius 1 is 1.16 bits per heavy atom. The molecule has 0 saturated heterocycles. The number of rotatable bonds is 7. The summed E-state index contributed by atoms with van der Waals surface area (Å²) in [4.78, 5) is 41.3.